The third-order valence-electron chi connectivity index (χ3n) is 3.27. The van der Waals surface area contributed by atoms with Gasteiger partial charge in [-0.1, -0.05) is 5.16 Å². The van der Waals surface area contributed by atoms with E-state index in [1.165, 1.54) is 11.3 Å². The van der Waals surface area contributed by atoms with Crippen LogP contribution in [0.4, 0.5) is 0 Å². The Morgan fingerprint density at radius 1 is 1.55 bits per heavy atom. The normalized spacial score (nSPS) is 19.6. The molecule has 1 unspecified atom stereocenters. The van der Waals surface area contributed by atoms with Crippen LogP contribution in [0.3, 0.4) is 0 Å². The van der Waals surface area contributed by atoms with Crippen LogP contribution >= 0.6 is 23.7 Å². The van der Waals surface area contributed by atoms with Crippen LogP contribution in [-0.4, -0.2) is 48.8 Å². The SMILES string of the molecule is COc1csc(-c2nc(C3CNCCN3C)no2)c1.Cl. The number of nitrogens with one attached hydrogen (secondary N) is 1. The molecule has 110 valence electrons. The maximum absolute atomic E-state index is 5.35. The Kier molecular flexibility index (Phi) is 4.98. The molecular weight excluding hydrogens is 300 g/mol. The largest absolute Gasteiger partial charge is 0.496 e. The van der Waals surface area contributed by atoms with E-state index in [2.05, 4.69) is 27.4 Å². The van der Waals surface area contributed by atoms with Gasteiger partial charge in [0.05, 0.1) is 18.0 Å². The molecule has 0 radical (unpaired) electrons. The number of halogens is 1. The van der Waals surface area contributed by atoms with Gasteiger partial charge in [-0.15, -0.1) is 23.7 Å². The minimum absolute atomic E-state index is 0. The van der Waals surface area contributed by atoms with Crippen molar-refractivity contribution in [2.75, 3.05) is 33.8 Å². The standard InChI is InChI=1S/C12H16N4O2S.ClH/c1-16-4-3-13-6-9(16)11-14-12(18-15-11)10-5-8(17-2)7-19-10;/h5,7,9,13H,3-4,6H2,1-2H3;1H. The van der Waals surface area contributed by atoms with E-state index in [1.54, 1.807) is 7.11 Å². The number of nitrogens with zero attached hydrogens (tertiary/aromatic N) is 3. The molecule has 2 aromatic heterocycles. The van der Waals surface area contributed by atoms with Crippen LogP contribution in [0.25, 0.3) is 10.8 Å². The lowest BCUT2D eigenvalue weighted by molar-refractivity contribution is 0.190. The molecule has 1 atom stereocenters. The average Bonchev–Trinajstić information content (AvgIpc) is 3.08. The van der Waals surface area contributed by atoms with Crippen LogP contribution in [0.15, 0.2) is 16.0 Å². The molecule has 0 aromatic carbocycles. The summed E-state index contributed by atoms with van der Waals surface area (Å²) in [7, 11) is 3.73. The Hall–Kier alpha value is -1.15. The predicted molar refractivity (Wildman–Crippen MR) is 79.7 cm³/mol. The van der Waals surface area contributed by atoms with Crippen LogP contribution in [0.5, 0.6) is 5.75 Å². The van der Waals surface area contributed by atoms with Crippen molar-refractivity contribution in [2.45, 2.75) is 6.04 Å². The van der Waals surface area contributed by atoms with Gasteiger partial charge in [0, 0.05) is 31.1 Å². The third-order valence-corrected chi connectivity index (χ3v) is 4.17. The van der Waals surface area contributed by atoms with Crippen molar-refractivity contribution in [1.82, 2.24) is 20.4 Å². The molecule has 6 nitrogen and oxygen atoms in total. The van der Waals surface area contributed by atoms with E-state index in [4.69, 9.17) is 9.26 Å². The zero-order valence-electron chi connectivity index (χ0n) is 11.3. The van der Waals surface area contributed by atoms with Crippen molar-refractivity contribution < 1.29 is 9.26 Å². The van der Waals surface area contributed by atoms with E-state index in [0.717, 1.165) is 36.1 Å². The van der Waals surface area contributed by atoms with E-state index in [-0.39, 0.29) is 18.4 Å². The van der Waals surface area contributed by atoms with Crippen molar-refractivity contribution in [3.05, 3.63) is 17.3 Å². The molecule has 0 amide bonds. The van der Waals surface area contributed by atoms with E-state index < -0.39 is 0 Å². The molecule has 1 aliphatic heterocycles. The zero-order chi connectivity index (χ0) is 13.2. The topological polar surface area (TPSA) is 63.4 Å². The Morgan fingerprint density at radius 2 is 2.40 bits per heavy atom. The third kappa shape index (κ3) is 2.95. The molecule has 3 heterocycles. The molecule has 20 heavy (non-hydrogen) atoms. The maximum Gasteiger partial charge on any atom is 0.268 e. The molecular formula is C12H17ClN4O2S. The van der Waals surface area contributed by atoms with Gasteiger partial charge < -0.3 is 14.6 Å². The van der Waals surface area contributed by atoms with Crippen molar-refractivity contribution in [2.24, 2.45) is 0 Å². The first-order valence-electron chi connectivity index (χ1n) is 6.15. The van der Waals surface area contributed by atoms with E-state index in [9.17, 15) is 0 Å². The van der Waals surface area contributed by atoms with Gasteiger partial charge in [0.1, 0.15) is 5.75 Å². The Balaban J connectivity index is 0.00000147. The summed E-state index contributed by atoms with van der Waals surface area (Å²) in [5, 5.41) is 9.37. The van der Waals surface area contributed by atoms with Gasteiger partial charge >= 0.3 is 0 Å². The molecule has 8 heteroatoms. The Morgan fingerprint density at radius 3 is 3.10 bits per heavy atom. The second-order valence-corrected chi connectivity index (χ2v) is 5.42. The molecule has 1 N–H and O–H groups in total. The summed E-state index contributed by atoms with van der Waals surface area (Å²) in [5.74, 6) is 2.11. The minimum atomic E-state index is 0. The van der Waals surface area contributed by atoms with Crippen molar-refractivity contribution in [1.29, 1.82) is 0 Å². The maximum atomic E-state index is 5.35. The predicted octanol–water partition coefficient (Wildman–Crippen LogP) is 1.80. The molecule has 1 aliphatic rings. The lowest BCUT2D eigenvalue weighted by Crippen LogP contribution is -2.44. The summed E-state index contributed by atoms with van der Waals surface area (Å²) in [6, 6.07) is 2.08. The highest BCUT2D eigenvalue weighted by Gasteiger charge is 2.25. The molecule has 2 aromatic rings. The fourth-order valence-corrected chi connectivity index (χ4v) is 2.88. The number of hydrogen-bond acceptors (Lipinski definition) is 7. The zero-order valence-corrected chi connectivity index (χ0v) is 13.0. The fraction of sp³-hybridized carbons (Fsp3) is 0.500. The van der Waals surface area contributed by atoms with Crippen molar-refractivity contribution >= 4 is 23.7 Å². The van der Waals surface area contributed by atoms with Gasteiger partial charge in [0.2, 0.25) is 0 Å². The lowest BCUT2D eigenvalue weighted by atomic mass is 10.2. The van der Waals surface area contributed by atoms with Gasteiger partial charge in [-0.05, 0) is 7.05 Å². The number of likely N-dealkylation sites (N-methyl/N-ethyl adjacent to an activating group) is 1. The molecule has 3 rings (SSSR count). The van der Waals surface area contributed by atoms with E-state index in [1.807, 2.05) is 11.4 Å². The Labute approximate surface area is 127 Å². The summed E-state index contributed by atoms with van der Waals surface area (Å²) in [4.78, 5) is 7.67. The number of piperazine rings is 1. The summed E-state index contributed by atoms with van der Waals surface area (Å²) >= 11 is 1.54. The second-order valence-electron chi connectivity index (χ2n) is 4.51. The number of thiophene rings is 1. The van der Waals surface area contributed by atoms with Crippen LogP contribution in [0.2, 0.25) is 0 Å². The first kappa shape index (κ1) is 15.2. The molecule has 0 aliphatic carbocycles. The van der Waals surface area contributed by atoms with Crippen LogP contribution in [0, 0.1) is 0 Å². The molecule has 0 saturated carbocycles. The van der Waals surface area contributed by atoms with Gasteiger partial charge in [0.15, 0.2) is 5.82 Å². The molecule has 1 saturated heterocycles. The van der Waals surface area contributed by atoms with Crippen LogP contribution in [-0.2, 0) is 0 Å². The minimum Gasteiger partial charge on any atom is -0.496 e. The first-order valence-corrected chi connectivity index (χ1v) is 7.03. The quantitative estimate of drug-likeness (QED) is 0.931. The van der Waals surface area contributed by atoms with Gasteiger partial charge in [-0.2, -0.15) is 4.98 Å². The highest BCUT2D eigenvalue weighted by Crippen LogP contribution is 2.30. The molecule has 0 spiro atoms. The fourth-order valence-electron chi connectivity index (χ4n) is 2.10. The first-order chi connectivity index (χ1) is 9.28. The van der Waals surface area contributed by atoms with E-state index in [0.29, 0.717) is 5.89 Å². The number of ether oxygens (including phenoxy) is 1. The highest BCUT2D eigenvalue weighted by molar-refractivity contribution is 7.13. The van der Waals surface area contributed by atoms with Gasteiger partial charge in [-0.3, -0.25) is 4.90 Å². The van der Waals surface area contributed by atoms with Gasteiger partial charge in [-0.25, -0.2) is 0 Å². The summed E-state index contributed by atoms with van der Waals surface area (Å²) < 4.78 is 10.5. The summed E-state index contributed by atoms with van der Waals surface area (Å²) in [6.07, 6.45) is 0. The molecule has 1 fully saturated rings. The lowest BCUT2D eigenvalue weighted by Gasteiger charge is -2.30. The van der Waals surface area contributed by atoms with Crippen molar-refractivity contribution in [3.8, 4) is 16.5 Å². The average molecular weight is 317 g/mol. The summed E-state index contributed by atoms with van der Waals surface area (Å²) in [5.41, 5.74) is 0. The number of methoxy groups -OCH3 is 1. The van der Waals surface area contributed by atoms with Gasteiger partial charge in [0.25, 0.3) is 5.89 Å². The van der Waals surface area contributed by atoms with Crippen LogP contribution < -0.4 is 10.1 Å². The second kappa shape index (κ2) is 6.53. The number of aromatic nitrogens is 2. The number of rotatable bonds is 3. The van der Waals surface area contributed by atoms with Crippen molar-refractivity contribution in [3.63, 3.8) is 0 Å². The monoisotopic (exact) mass is 316 g/mol. The van der Waals surface area contributed by atoms with E-state index >= 15 is 0 Å². The Bertz CT molecular complexity index is 559. The highest BCUT2D eigenvalue weighted by atomic mass is 35.5. The number of hydrogen-bond donors (Lipinski definition) is 1. The molecule has 0 bridgehead atoms. The van der Waals surface area contributed by atoms with Crippen LogP contribution in [0.1, 0.15) is 11.9 Å². The summed E-state index contributed by atoms with van der Waals surface area (Å²) in [6.45, 7) is 2.84. The smallest absolute Gasteiger partial charge is 0.268 e.